The first-order valence-electron chi connectivity index (χ1n) is 6.51. The Bertz CT molecular complexity index is 488. The Kier molecular flexibility index (Phi) is 3.99. The third kappa shape index (κ3) is 3.72. The minimum absolute atomic E-state index is 0.0179. The van der Waals surface area contributed by atoms with Crippen LogP contribution in [0.5, 0.6) is 5.75 Å². The highest BCUT2D eigenvalue weighted by Gasteiger charge is 2.25. The number of benzene rings is 1. The second kappa shape index (κ2) is 4.87. The lowest BCUT2D eigenvalue weighted by molar-refractivity contribution is -0.136. The summed E-state index contributed by atoms with van der Waals surface area (Å²) in [7, 11) is 0. The predicted octanol–water partition coefficient (Wildman–Crippen LogP) is 3.61. The van der Waals surface area contributed by atoms with E-state index in [2.05, 4.69) is 0 Å². The van der Waals surface area contributed by atoms with E-state index < -0.39 is 5.97 Å². The first-order valence-corrected chi connectivity index (χ1v) is 6.51. The summed E-state index contributed by atoms with van der Waals surface area (Å²) in [5.41, 5.74) is 2.05. The third-order valence-electron chi connectivity index (χ3n) is 3.18. The van der Waals surface area contributed by atoms with E-state index in [1.54, 1.807) is 6.07 Å². The molecule has 3 heteroatoms. The lowest BCUT2D eigenvalue weighted by Crippen LogP contribution is -2.19. The van der Waals surface area contributed by atoms with Gasteiger partial charge in [0.05, 0.1) is 6.42 Å². The zero-order valence-electron chi connectivity index (χ0n) is 12.7. The molecule has 0 atom stereocenters. The fourth-order valence-electron chi connectivity index (χ4n) is 2.24. The van der Waals surface area contributed by atoms with Crippen LogP contribution in [0, 0.1) is 0 Å². The molecular formula is C16H24O3. The van der Waals surface area contributed by atoms with Crippen LogP contribution in [-0.2, 0) is 22.0 Å². The maximum atomic E-state index is 11.0. The summed E-state index contributed by atoms with van der Waals surface area (Å²) >= 11 is 0. The summed E-state index contributed by atoms with van der Waals surface area (Å²) in [6.07, 6.45) is -0.0179. The van der Waals surface area contributed by atoms with Crippen LogP contribution in [0.25, 0.3) is 0 Å². The Morgan fingerprint density at radius 1 is 1.00 bits per heavy atom. The molecule has 0 aromatic heterocycles. The highest BCUT2D eigenvalue weighted by Crippen LogP contribution is 2.37. The van der Waals surface area contributed by atoms with Crippen LogP contribution < -0.4 is 0 Å². The van der Waals surface area contributed by atoms with Crippen molar-refractivity contribution in [3.05, 3.63) is 28.8 Å². The van der Waals surface area contributed by atoms with Crippen LogP contribution in [0.4, 0.5) is 0 Å². The van der Waals surface area contributed by atoms with Gasteiger partial charge in [-0.2, -0.15) is 0 Å². The minimum atomic E-state index is -0.851. The van der Waals surface area contributed by atoms with Gasteiger partial charge in [-0.05, 0) is 33.6 Å². The number of hydrogen-bond donors (Lipinski definition) is 2. The molecule has 2 N–H and O–H groups in total. The Labute approximate surface area is 115 Å². The fraction of sp³-hybridized carbons (Fsp3) is 0.562. The van der Waals surface area contributed by atoms with Gasteiger partial charge in [-0.15, -0.1) is 0 Å². The molecule has 106 valence electrons. The van der Waals surface area contributed by atoms with Crippen molar-refractivity contribution in [2.75, 3.05) is 0 Å². The van der Waals surface area contributed by atoms with E-state index in [4.69, 9.17) is 5.11 Å². The smallest absolute Gasteiger partial charge is 0.307 e. The van der Waals surface area contributed by atoms with Crippen molar-refractivity contribution in [2.24, 2.45) is 0 Å². The summed E-state index contributed by atoms with van der Waals surface area (Å²) in [5.74, 6) is -0.609. The van der Waals surface area contributed by atoms with E-state index in [1.165, 1.54) is 0 Å². The summed E-state index contributed by atoms with van der Waals surface area (Å²) in [5, 5.41) is 19.3. The summed E-state index contributed by atoms with van der Waals surface area (Å²) in [6, 6.07) is 3.56. The second-order valence-electron chi connectivity index (χ2n) is 7.10. The Morgan fingerprint density at radius 3 is 1.84 bits per heavy atom. The van der Waals surface area contributed by atoms with Crippen molar-refractivity contribution in [1.82, 2.24) is 0 Å². The number of phenols is 1. The van der Waals surface area contributed by atoms with Gasteiger partial charge in [0, 0.05) is 0 Å². The monoisotopic (exact) mass is 264 g/mol. The van der Waals surface area contributed by atoms with Crippen molar-refractivity contribution in [3.8, 4) is 5.75 Å². The molecule has 0 amide bonds. The first kappa shape index (κ1) is 15.5. The summed E-state index contributed by atoms with van der Waals surface area (Å²) in [4.78, 5) is 11.0. The lowest BCUT2D eigenvalue weighted by atomic mass is 9.78. The summed E-state index contributed by atoms with van der Waals surface area (Å²) in [6.45, 7) is 12.1. The van der Waals surface area contributed by atoms with Gasteiger partial charge in [0.25, 0.3) is 0 Å². The van der Waals surface area contributed by atoms with E-state index in [0.717, 1.165) is 16.7 Å². The van der Waals surface area contributed by atoms with E-state index >= 15 is 0 Å². The standard InChI is InChI=1S/C16H24O3/c1-15(2,3)11-9-13(17)12(16(4,5)6)7-10(11)8-14(18)19/h7,9,17H,8H2,1-6H3,(H,18,19). The zero-order chi connectivity index (χ0) is 15.0. The molecular weight excluding hydrogens is 240 g/mol. The molecule has 0 aliphatic rings. The molecule has 3 nitrogen and oxygen atoms in total. The number of carbonyl (C=O) groups is 1. The van der Waals surface area contributed by atoms with E-state index in [9.17, 15) is 9.90 Å². The quantitative estimate of drug-likeness (QED) is 0.857. The molecule has 0 fully saturated rings. The molecule has 0 aliphatic heterocycles. The normalized spacial score (nSPS) is 12.5. The average molecular weight is 264 g/mol. The molecule has 0 spiro atoms. The first-order chi connectivity index (χ1) is 8.43. The Hall–Kier alpha value is -1.51. The van der Waals surface area contributed by atoms with Crippen molar-refractivity contribution < 1.29 is 15.0 Å². The van der Waals surface area contributed by atoms with Crippen LogP contribution in [-0.4, -0.2) is 16.2 Å². The lowest BCUT2D eigenvalue weighted by Gasteiger charge is -2.27. The number of rotatable bonds is 2. The summed E-state index contributed by atoms with van der Waals surface area (Å²) < 4.78 is 0. The molecule has 0 saturated carbocycles. The van der Waals surface area contributed by atoms with Gasteiger partial charge in [0.15, 0.2) is 0 Å². The number of aliphatic carboxylic acids is 1. The average Bonchev–Trinajstić information content (AvgIpc) is 2.16. The van der Waals surface area contributed by atoms with Gasteiger partial charge in [-0.3, -0.25) is 4.79 Å². The molecule has 0 bridgehead atoms. The SMILES string of the molecule is CC(C)(C)c1cc(CC(=O)O)c(C(C)(C)C)cc1O. The molecule has 0 radical (unpaired) electrons. The van der Waals surface area contributed by atoms with Crippen LogP contribution in [0.2, 0.25) is 0 Å². The van der Waals surface area contributed by atoms with Crippen LogP contribution in [0.3, 0.4) is 0 Å². The highest BCUT2D eigenvalue weighted by atomic mass is 16.4. The maximum absolute atomic E-state index is 11.0. The predicted molar refractivity (Wildman–Crippen MR) is 76.8 cm³/mol. The van der Waals surface area contributed by atoms with Gasteiger partial charge in [-0.1, -0.05) is 47.6 Å². The zero-order valence-corrected chi connectivity index (χ0v) is 12.7. The van der Waals surface area contributed by atoms with Gasteiger partial charge in [0.2, 0.25) is 0 Å². The van der Waals surface area contributed by atoms with E-state index in [-0.39, 0.29) is 23.0 Å². The maximum Gasteiger partial charge on any atom is 0.307 e. The molecule has 19 heavy (non-hydrogen) atoms. The van der Waals surface area contributed by atoms with E-state index in [0.29, 0.717) is 0 Å². The number of hydrogen-bond acceptors (Lipinski definition) is 2. The molecule has 0 unspecified atom stereocenters. The van der Waals surface area contributed by atoms with Crippen LogP contribution >= 0.6 is 0 Å². The number of carboxylic acids is 1. The number of carboxylic acid groups (broad SMARTS) is 1. The highest BCUT2D eigenvalue weighted by molar-refractivity contribution is 5.71. The van der Waals surface area contributed by atoms with Crippen molar-refractivity contribution in [1.29, 1.82) is 0 Å². The fourth-order valence-corrected chi connectivity index (χ4v) is 2.24. The third-order valence-corrected chi connectivity index (χ3v) is 3.18. The Morgan fingerprint density at radius 2 is 1.47 bits per heavy atom. The van der Waals surface area contributed by atoms with Crippen molar-refractivity contribution in [2.45, 2.75) is 58.8 Å². The molecule has 0 heterocycles. The van der Waals surface area contributed by atoms with Gasteiger partial charge in [-0.25, -0.2) is 0 Å². The molecule has 0 saturated heterocycles. The molecule has 1 aromatic rings. The second-order valence-corrected chi connectivity index (χ2v) is 7.10. The van der Waals surface area contributed by atoms with Crippen molar-refractivity contribution >= 4 is 5.97 Å². The minimum Gasteiger partial charge on any atom is -0.508 e. The largest absolute Gasteiger partial charge is 0.508 e. The topological polar surface area (TPSA) is 57.5 Å². The van der Waals surface area contributed by atoms with Crippen LogP contribution in [0.1, 0.15) is 58.2 Å². The number of phenolic OH excluding ortho intramolecular Hbond substituents is 1. The number of aromatic hydroxyl groups is 1. The Balaban J connectivity index is 3.50. The van der Waals surface area contributed by atoms with Crippen molar-refractivity contribution in [3.63, 3.8) is 0 Å². The van der Waals surface area contributed by atoms with Gasteiger partial charge in [0.1, 0.15) is 5.75 Å². The van der Waals surface area contributed by atoms with Gasteiger partial charge < -0.3 is 10.2 Å². The molecule has 1 aromatic carbocycles. The molecule has 0 aliphatic carbocycles. The van der Waals surface area contributed by atoms with Crippen LogP contribution in [0.15, 0.2) is 12.1 Å². The molecule has 1 rings (SSSR count). The van der Waals surface area contributed by atoms with E-state index in [1.807, 2.05) is 47.6 Å². The van der Waals surface area contributed by atoms with Gasteiger partial charge >= 0.3 is 5.97 Å².